The largest absolute Gasteiger partial charge is 0.481 e. The Kier molecular flexibility index (Phi) is 5.60. The normalized spacial score (nSPS) is 15.6. The maximum Gasteiger partial charge on any atom is 0.305 e. The first-order valence-corrected chi connectivity index (χ1v) is 8.35. The van der Waals surface area contributed by atoms with E-state index in [9.17, 15) is 14.4 Å². The van der Waals surface area contributed by atoms with Crippen molar-refractivity contribution in [2.45, 2.75) is 31.2 Å². The van der Waals surface area contributed by atoms with Crippen LogP contribution in [0, 0.1) is 0 Å². The monoisotopic (exact) mass is 321 g/mol. The smallest absolute Gasteiger partial charge is 0.305 e. The number of thioether (sulfide) groups is 1. The van der Waals surface area contributed by atoms with Gasteiger partial charge in [0.1, 0.15) is 0 Å². The third-order valence-electron chi connectivity index (χ3n) is 3.77. The van der Waals surface area contributed by atoms with E-state index in [-0.39, 0.29) is 29.6 Å². The lowest BCUT2D eigenvalue weighted by atomic mass is 9.74. The molecule has 1 fully saturated rings. The van der Waals surface area contributed by atoms with Gasteiger partial charge in [-0.25, -0.2) is 0 Å². The molecule has 0 spiro atoms. The third kappa shape index (κ3) is 4.59. The minimum absolute atomic E-state index is 0.0118. The van der Waals surface area contributed by atoms with Gasteiger partial charge in [-0.1, -0.05) is 30.3 Å². The van der Waals surface area contributed by atoms with E-state index in [2.05, 4.69) is 5.32 Å². The number of hydrogen-bond acceptors (Lipinski definition) is 4. The molecule has 6 heteroatoms. The van der Waals surface area contributed by atoms with Crippen molar-refractivity contribution in [1.82, 2.24) is 5.32 Å². The average molecular weight is 321 g/mol. The zero-order chi connectivity index (χ0) is 16.0. The van der Waals surface area contributed by atoms with E-state index in [1.165, 1.54) is 11.8 Å². The summed E-state index contributed by atoms with van der Waals surface area (Å²) in [6.07, 6.45) is 2.32. The molecule has 2 rings (SSSR count). The number of amides is 1. The zero-order valence-corrected chi connectivity index (χ0v) is 13.0. The molecule has 0 bridgehead atoms. The first-order chi connectivity index (χ1) is 10.5. The van der Waals surface area contributed by atoms with E-state index < -0.39 is 11.5 Å². The number of carbonyl (C=O) groups is 3. The first kappa shape index (κ1) is 16.5. The molecule has 1 aliphatic carbocycles. The van der Waals surface area contributed by atoms with Gasteiger partial charge in [0, 0.05) is 5.56 Å². The molecular formula is C16H19NO4S. The highest BCUT2D eigenvalue weighted by atomic mass is 32.2. The van der Waals surface area contributed by atoms with Crippen LogP contribution in [-0.4, -0.2) is 39.8 Å². The fourth-order valence-corrected chi connectivity index (χ4v) is 3.23. The Bertz CT molecular complexity index is 555. The topological polar surface area (TPSA) is 83.5 Å². The molecule has 1 aromatic rings. The lowest BCUT2D eigenvalue weighted by Gasteiger charge is -2.41. The molecule has 0 atom stereocenters. The average Bonchev–Trinajstić information content (AvgIpc) is 2.45. The van der Waals surface area contributed by atoms with E-state index in [1.54, 1.807) is 24.3 Å². The highest BCUT2D eigenvalue weighted by Crippen LogP contribution is 2.34. The lowest BCUT2D eigenvalue weighted by molar-refractivity contribution is -0.140. The van der Waals surface area contributed by atoms with E-state index in [0.29, 0.717) is 18.4 Å². The number of nitrogens with one attached hydrogen (secondary N) is 1. The van der Waals surface area contributed by atoms with Gasteiger partial charge in [-0.05, 0) is 19.3 Å². The SMILES string of the molecule is O=C(O)CC1(NC(=O)CSCC(=O)c2ccccc2)CCC1. The van der Waals surface area contributed by atoms with Crippen molar-refractivity contribution < 1.29 is 19.5 Å². The van der Waals surface area contributed by atoms with E-state index in [1.807, 2.05) is 6.07 Å². The number of aliphatic carboxylic acids is 1. The first-order valence-electron chi connectivity index (χ1n) is 7.20. The minimum Gasteiger partial charge on any atom is -0.481 e. The Balaban J connectivity index is 1.74. The van der Waals surface area contributed by atoms with Gasteiger partial charge in [0.15, 0.2) is 5.78 Å². The van der Waals surface area contributed by atoms with Gasteiger partial charge in [0.05, 0.1) is 23.5 Å². The van der Waals surface area contributed by atoms with E-state index >= 15 is 0 Å². The van der Waals surface area contributed by atoms with Crippen LogP contribution >= 0.6 is 11.8 Å². The Morgan fingerprint density at radius 1 is 1.14 bits per heavy atom. The van der Waals surface area contributed by atoms with Crippen LogP contribution in [0.4, 0.5) is 0 Å². The fourth-order valence-electron chi connectivity index (χ4n) is 2.51. The highest BCUT2D eigenvalue weighted by molar-refractivity contribution is 8.00. The third-order valence-corrected chi connectivity index (χ3v) is 4.70. The van der Waals surface area contributed by atoms with Gasteiger partial charge < -0.3 is 10.4 Å². The minimum atomic E-state index is -0.896. The zero-order valence-electron chi connectivity index (χ0n) is 12.2. The predicted octanol–water partition coefficient (Wildman–Crippen LogP) is 2.12. The second kappa shape index (κ2) is 7.45. The van der Waals surface area contributed by atoms with Gasteiger partial charge in [-0.3, -0.25) is 14.4 Å². The number of ketones is 1. The highest BCUT2D eigenvalue weighted by Gasteiger charge is 2.40. The van der Waals surface area contributed by atoms with Crippen molar-refractivity contribution in [2.75, 3.05) is 11.5 Å². The predicted molar refractivity (Wildman–Crippen MR) is 85.1 cm³/mol. The lowest BCUT2D eigenvalue weighted by Crippen LogP contribution is -2.55. The maximum absolute atomic E-state index is 11.9. The molecule has 2 N–H and O–H groups in total. The number of carboxylic acids is 1. The van der Waals surface area contributed by atoms with Gasteiger partial charge in [0.2, 0.25) is 5.91 Å². The Labute approximate surface area is 133 Å². The number of rotatable bonds is 8. The van der Waals surface area contributed by atoms with Crippen LogP contribution in [0.25, 0.3) is 0 Å². The summed E-state index contributed by atoms with van der Waals surface area (Å²) in [6.45, 7) is 0. The van der Waals surface area contributed by atoms with Crippen LogP contribution in [0.5, 0.6) is 0 Å². The molecule has 0 aliphatic heterocycles. The summed E-state index contributed by atoms with van der Waals surface area (Å²) in [6, 6.07) is 8.95. The summed E-state index contributed by atoms with van der Waals surface area (Å²) in [5, 5.41) is 11.7. The Morgan fingerprint density at radius 3 is 2.36 bits per heavy atom. The molecule has 1 saturated carbocycles. The summed E-state index contributed by atoms with van der Waals surface area (Å²) in [4.78, 5) is 34.7. The van der Waals surface area contributed by atoms with Crippen LogP contribution < -0.4 is 5.32 Å². The summed E-state index contributed by atoms with van der Waals surface area (Å²) in [5.74, 6) is -0.704. The molecule has 0 unspecified atom stereocenters. The van der Waals surface area contributed by atoms with Crippen molar-refractivity contribution in [3.8, 4) is 0 Å². The summed E-state index contributed by atoms with van der Waals surface area (Å²) >= 11 is 1.25. The molecule has 0 saturated heterocycles. The molecular weight excluding hydrogens is 302 g/mol. The number of benzene rings is 1. The molecule has 1 amide bonds. The van der Waals surface area contributed by atoms with Crippen LogP contribution in [-0.2, 0) is 9.59 Å². The number of hydrogen-bond donors (Lipinski definition) is 2. The van der Waals surface area contributed by atoms with Crippen molar-refractivity contribution in [3.05, 3.63) is 35.9 Å². The molecule has 22 heavy (non-hydrogen) atoms. The van der Waals surface area contributed by atoms with Crippen molar-refractivity contribution in [1.29, 1.82) is 0 Å². The molecule has 0 heterocycles. The molecule has 0 radical (unpaired) electrons. The maximum atomic E-state index is 11.9. The summed E-state index contributed by atoms with van der Waals surface area (Å²) in [7, 11) is 0. The quantitative estimate of drug-likeness (QED) is 0.717. The van der Waals surface area contributed by atoms with Crippen molar-refractivity contribution in [3.63, 3.8) is 0 Å². The molecule has 118 valence electrons. The van der Waals surface area contributed by atoms with Gasteiger partial charge in [-0.15, -0.1) is 11.8 Å². The second-order valence-electron chi connectivity index (χ2n) is 5.53. The van der Waals surface area contributed by atoms with Crippen molar-refractivity contribution in [2.24, 2.45) is 0 Å². The number of carboxylic acid groups (broad SMARTS) is 1. The summed E-state index contributed by atoms with van der Waals surface area (Å²) < 4.78 is 0. The van der Waals surface area contributed by atoms with Crippen LogP contribution in [0.2, 0.25) is 0 Å². The Hall–Kier alpha value is -1.82. The van der Waals surface area contributed by atoms with Crippen LogP contribution in [0.15, 0.2) is 30.3 Å². The van der Waals surface area contributed by atoms with Crippen LogP contribution in [0.3, 0.4) is 0 Å². The fraction of sp³-hybridized carbons (Fsp3) is 0.438. The summed E-state index contributed by atoms with van der Waals surface area (Å²) in [5.41, 5.74) is 0.0594. The standard InChI is InChI=1S/C16H19NO4S/c18-13(12-5-2-1-3-6-12)10-22-11-14(19)17-16(7-4-8-16)9-15(20)21/h1-3,5-6H,4,7-11H2,(H,17,19)(H,20,21). The molecule has 5 nitrogen and oxygen atoms in total. The van der Waals surface area contributed by atoms with Gasteiger partial charge in [0.25, 0.3) is 0 Å². The van der Waals surface area contributed by atoms with Crippen LogP contribution in [0.1, 0.15) is 36.0 Å². The number of carbonyl (C=O) groups excluding carboxylic acids is 2. The number of Topliss-reactive ketones (excluding diaryl/α,β-unsaturated/α-hetero) is 1. The van der Waals surface area contributed by atoms with E-state index in [4.69, 9.17) is 5.11 Å². The second-order valence-corrected chi connectivity index (χ2v) is 6.52. The molecule has 1 aliphatic rings. The van der Waals surface area contributed by atoms with Gasteiger partial charge in [-0.2, -0.15) is 0 Å². The molecule has 0 aromatic heterocycles. The van der Waals surface area contributed by atoms with Gasteiger partial charge >= 0.3 is 5.97 Å². The van der Waals surface area contributed by atoms with Crippen molar-refractivity contribution >= 4 is 29.4 Å². The Morgan fingerprint density at radius 2 is 1.82 bits per heavy atom. The van der Waals surface area contributed by atoms with E-state index in [0.717, 1.165) is 6.42 Å². The molecule has 1 aromatic carbocycles.